The van der Waals surface area contributed by atoms with Crippen molar-refractivity contribution in [1.29, 1.82) is 5.26 Å². The number of benzene rings is 1. The van der Waals surface area contributed by atoms with E-state index in [-0.39, 0.29) is 11.7 Å². The van der Waals surface area contributed by atoms with Gasteiger partial charge in [-0.2, -0.15) is 5.26 Å². The van der Waals surface area contributed by atoms with E-state index >= 15 is 0 Å². The van der Waals surface area contributed by atoms with Crippen LogP contribution in [0.25, 0.3) is 10.9 Å². The van der Waals surface area contributed by atoms with Crippen molar-refractivity contribution in [3.05, 3.63) is 35.5 Å². The second kappa shape index (κ2) is 5.05. The third kappa shape index (κ3) is 2.14. The summed E-state index contributed by atoms with van der Waals surface area (Å²) in [6.07, 6.45) is 3.64. The minimum atomic E-state index is 0.0275. The van der Waals surface area contributed by atoms with Crippen LogP contribution in [0.3, 0.4) is 0 Å². The normalized spacial score (nSPS) is 12.3. The minimum absolute atomic E-state index is 0.0275. The Hall–Kier alpha value is -2.08. The standard InChI is InChI=1S/C15H16N2O/c1-3-4-10(2)15(18)13-9-17-14-6-5-11(8-16)7-12(13)14/h5-7,9-10,17H,3-4H2,1-2H3. The third-order valence-corrected chi connectivity index (χ3v) is 3.25. The number of carbonyl (C=O) groups is 1. The molecule has 0 saturated carbocycles. The van der Waals surface area contributed by atoms with Crippen molar-refractivity contribution in [2.75, 3.05) is 0 Å². The van der Waals surface area contributed by atoms with E-state index in [1.807, 2.05) is 13.0 Å². The molecule has 1 heterocycles. The maximum absolute atomic E-state index is 12.3. The van der Waals surface area contributed by atoms with Gasteiger partial charge in [-0.25, -0.2) is 0 Å². The molecule has 2 rings (SSSR count). The molecule has 1 aromatic carbocycles. The van der Waals surface area contributed by atoms with E-state index in [1.165, 1.54) is 0 Å². The zero-order chi connectivity index (χ0) is 13.1. The molecule has 1 unspecified atom stereocenters. The number of nitrogens with one attached hydrogen (secondary N) is 1. The molecule has 0 bridgehead atoms. The van der Waals surface area contributed by atoms with E-state index in [9.17, 15) is 4.79 Å². The molecule has 0 amide bonds. The lowest BCUT2D eigenvalue weighted by atomic mass is 9.95. The van der Waals surface area contributed by atoms with Gasteiger partial charge in [0.2, 0.25) is 0 Å². The van der Waals surface area contributed by atoms with Crippen molar-refractivity contribution in [2.24, 2.45) is 5.92 Å². The van der Waals surface area contributed by atoms with Gasteiger partial charge in [0, 0.05) is 28.6 Å². The minimum Gasteiger partial charge on any atom is -0.360 e. The first-order valence-electron chi connectivity index (χ1n) is 6.22. The molecule has 1 atom stereocenters. The molecule has 92 valence electrons. The van der Waals surface area contributed by atoms with Gasteiger partial charge in [0.05, 0.1) is 11.6 Å². The van der Waals surface area contributed by atoms with Crippen molar-refractivity contribution in [3.63, 3.8) is 0 Å². The molecule has 18 heavy (non-hydrogen) atoms. The summed E-state index contributed by atoms with van der Waals surface area (Å²) in [5.41, 5.74) is 2.18. The quantitative estimate of drug-likeness (QED) is 0.829. The Morgan fingerprint density at radius 3 is 2.94 bits per heavy atom. The van der Waals surface area contributed by atoms with Gasteiger partial charge in [-0.1, -0.05) is 20.3 Å². The van der Waals surface area contributed by atoms with E-state index in [2.05, 4.69) is 18.0 Å². The average Bonchev–Trinajstić information content (AvgIpc) is 2.80. The van der Waals surface area contributed by atoms with E-state index in [0.29, 0.717) is 11.1 Å². The molecule has 2 aromatic rings. The second-order valence-corrected chi connectivity index (χ2v) is 4.63. The number of nitriles is 1. The van der Waals surface area contributed by atoms with Crippen molar-refractivity contribution < 1.29 is 4.79 Å². The summed E-state index contributed by atoms with van der Waals surface area (Å²) in [5, 5.41) is 9.76. The Balaban J connectivity index is 2.45. The summed E-state index contributed by atoms with van der Waals surface area (Å²) in [6, 6.07) is 7.47. The number of nitrogens with zero attached hydrogens (tertiary/aromatic N) is 1. The van der Waals surface area contributed by atoms with Gasteiger partial charge in [-0.05, 0) is 24.6 Å². The van der Waals surface area contributed by atoms with Crippen LogP contribution in [0.2, 0.25) is 0 Å². The predicted octanol–water partition coefficient (Wildman–Crippen LogP) is 3.66. The molecule has 0 radical (unpaired) electrons. The number of ketones is 1. The fourth-order valence-corrected chi connectivity index (χ4v) is 2.22. The first-order valence-corrected chi connectivity index (χ1v) is 6.22. The van der Waals surface area contributed by atoms with E-state index in [1.54, 1.807) is 18.3 Å². The number of fused-ring (bicyclic) bond motifs is 1. The molecule has 0 aliphatic rings. The van der Waals surface area contributed by atoms with Crippen LogP contribution in [0.4, 0.5) is 0 Å². The van der Waals surface area contributed by atoms with Gasteiger partial charge in [0.1, 0.15) is 0 Å². The molecule has 0 aliphatic heterocycles. The predicted molar refractivity (Wildman–Crippen MR) is 71.4 cm³/mol. The molecule has 0 fully saturated rings. The number of carbonyl (C=O) groups excluding carboxylic acids is 1. The third-order valence-electron chi connectivity index (χ3n) is 3.25. The molecule has 0 spiro atoms. The molecule has 3 nitrogen and oxygen atoms in total. The molecular formula is C15H16N2O. The number of Topliss-reactive ketones (excluding diaryl/α,β-unsaturated/α-hetero) is 1. The molecule has 1 N–H and O–H groups in total. The van der Waals surface area contributed by atoms with Gasteiger partial charge in [0.15, 0.2) is 5.78 Å². The Morgan fingerprint density at radius 2 is 2.28 bits per heavy atom. The van der Waals surface area contributed by atoms with Crippen LogP contribution in [0.5, 0.6) is 0 Å². The number of aromatic nitrogens is 1. The summed E-state index contributed by atoms with van der Waals surface area (Å²) in [4.78, 5) is 15.4. The summed E-state index contributed by atoms with van der Waals surface area (Å²) >= 11 is 0. The van der Waals surface area contributed by atoms with Crippen LogP contribution < -0.4 is 0 Å². The summed E-state index contributed by atoms with van der Waals surface area (Å²) in [7, 11) is 0. The van der Waals surface area contributed by atoms with Crippen LogP contribution in [-0.4, -0.2) is 10.8 Å². The van der Waals surface area contributed by atoms with Crippen molar-refractivity contribution in [1.82, 2.24) is 4.98 Å². The Kier molecular flexibility index (Phi) is 3.47. The summed E-state index contributed by atoms with van der Waals surface area (Å²) < 4.78 is 0. The summed E-state index contributed by atoms with van der Waals surface area (Å²) in [5.74, 6) is 0.179. The fraction of sp³-hybridized carbons (Fsp3) is 0.333. The lowest BCUT2D eigenvalue weighted by molar-refractivity contribution is 0.0925. The molecule has 1 aromatic heterocycles. The van der Waals surface area contributed by atoms with Gasteiger partial charge < -0.3 is 4.98 Å². The maximum atomic E-state index is 12.3. The zero-order valence-electron chi connectivity index (χ0n) is 10.7. The van der Waals surface area contributed by atoms with E-state index < -0.39 is 0 Å². The van der Waals surface area contributed by atoms with Gasteiger partial charge in [-0.3, -0.25) is 4.79 Å². The Morgan fingerprint density at radius 1 is 1.50 bits per heavy atom. The van der Waals surface area contributed by atoms with Crippen LogP contribution in [0.1, 0.15) is 42.6 Å². The van der Waals surface area contributed by atoms with E-state index in [0.717, 1.165) is 23.7 Å². The number of H-pyrrole nitrogens is 1. The SMILES string of the molecule is CCCC(C)C(=O)c1c[nH]c2ccc(C#N)cc12. The van der Waals surface area contributed by atoms with Gasteiger partial charge in [0.25, 0.3) is 0 Å². The highest BCUT2D eigenvalue weighted by atomic mass is 16.1. The highest BCUT2D eigenvalue weighted by molar-refractivity contribution is 6.09. The number of aromatic amines is 1. The molecule has 3 heteroatoms. The maximum Gasteiger partial charge on any atom is 0.167 e. The topological polar surface area (TPSA) is 56.6 Å². The van der Waals surface area contributed by atoms with Crippen LogP contribution in [0, 0.1) is 17.2 Å². The van der Waals surface area contributed by atoms with E-state index in [4.69, 9.17) is 5.26 Å². The number of rotatable bonds is 4. The smallest absolute Gasteiger partial charge is 0.167 e. The average molecular weight is 240 g/mol. The first kappa shape index (κ1) is 12.4. The fourth-order valence-electron chi connectivity index (χ4n) is 2.22. The largest absolute Gasteiger partial charge is 0.360 e. The lowest BCUT2D eigenvalue weighted by Crippen LogP contribution is -2.10. The summed E-state index contributed by atoms with van der Waals surface area (Å²) in [6.45, 7) is 4.03. The molecule has 0 saturated heterocycles. The monoisotopic (exact) mass is 240 g/mol. The lowest BCUT2D eigenvalue weighted by Gasteiger charge is -2.07. The highest BCUT2D eigenvalue weighted by Crippen LogP contribution is 2.23. The second-order valence-electron chi connectivity index (χ2n) is 4.63. The van der Waals surface area contributed by atoms with Gasteiger partial charge in [-0.15, -0.1) is 0 Å². The van der Waals surface area contributed by atoms with Crippen LogP contribution in [-0.2, 0) is 0 Å². The zero-order valence-corrected chi connectivity index (χ0v) is 10.7. The molecule has 0 aliphatic carbocycles. The van der Waals surface area contributed by atoms with Crippen molar-refractivity contribution in [2.45, 2.75) is 26.7 Å². The highest BCUT2D eigenvalue weighted by Gasteiger charge is 2.18. The Bertz CT molecular complexity index is 619. The first-order chi connectivity index (χ1) is 8.67. The van der Waals surface area contributed by atoms with Crippen LogP contribution in [0.15, 0.2) is 24.4 Å². The van der Waals surface area contributed by atoms with Crippen molar-refractivity contribution >= 4 is 16.7 Å². The number of hydrogen-bond acceptors (Lipinski definition) is 2. The molecular weight excluding hydrogens is 224 g/mol. The van der Waals surface area contributed by atoms with Crippen LogP contribution >= 0.6 is 0 Å². The van der Waals surface area contributed by atoms with Crippen molar-refractivity contribution in [3.8, 4) is 6.07 Å². The number of hydrogen-bond donors (Lipinski definition) is 1. The van der Waals surface area contributed by atoms with Gasteiger partial charge >= 0.3 is 0 Å². The Labute approximate surface area is 106 Å².